The first-order valence-electron chi connectivity index (χ1n) is 9.41. The number of Topliss-reactive ketones (excluding diaryl/α,β-unsaturated/α-hetero) is 1. The summed E-state index contributed by atoms with van der Waals surface area (Å²) >= 11 is 6.16. The number of likely N-dealkylation sites (N-methyl/N-ethyl adjacent to an activating group) is 1. The van der Waals surface area contributed by atoms with E-state index >= 15 is 0 Å². The van der Waals surface area contributed by atoms with Crippen molar-refractivity contribution >= 4 is 17.4 Å². The molecule has 0 radical (unpaired) electrons. The van der Waals surface area contributed by atoms with Gasteiger partial charge in [-0.2, -0.15) is 0 Å². The van der Waals surface area contributed by atoms with Crippen molar-refractivity contribution in [2.24, 2.45) is 0 Å². The molecule has 26 heavy (non-hydrogen) atoms. The van der Waals surface area contributed by atoms with Crippen LogP contribution in [0.3, 0.4) is 0 Å². The Balaban J connectivity index is 1.41. The van der Waals surface area contributed by atoms with Gasteiger partial charge < -0.3 is 9.47 Å². The van der Waals surface area contributed by atoms with E-state index in [9.17, 15) is 4.79 Å². The Kier molecular flexibility index (Phi) is 4.84. The highest BCUT2D eigenvalue weighted by Gasteiger charge is 2.35. The largest absolute Gasteiger partial charge is 0.312 e. The highest BCUT2D eigenvalue weighted by molar-refractivity contribution is 6.31. The number of benzene rings is 1. The van der Waals surface area contributed by atoms with Crippen molar-refractivity contribution in [1.82, 2.24) is 19.7 Å². The number of hydrogen-bond acceptors (Lipinski definition) is 4. The van der Waals surface area contributed by atoms with Crippen LogP contribution in [0.2, 0.25) is 5.02 Å². The van der Waals surface area contributed by atoms with Crippen LogP contribution in [0.25, 0.3) is 0 Å². The van der Waals surface area contributed by atoms with Crippen LogP contribution in [0.5, 0.6) is 0 Å². The Morgan fingerprint density at radius 1 is 1.27 bits per heavy atom. The van der Waals surface area contributed by atoms with Crippen LogP contribution in [-0.2, 0) is 17.6 Å². The van der Waals surface area contributed by atoms with Crippen molar-refractivity contribution in [3.8, 4) is 0 Å². The Bertz CT molecular complexity index is 821. The maximum absolute atomic E-state index is 12.5. The molecule has 6 heteroatoms. The zero-order valence-electron chi connectivity index (χ0n) is 15.4. The van der Waals surface area contributed by atoms with E-state index in [2.05, 4.69) is 26.7 Å². The number of aryl methyl sites for hydroxylation is 1. The van der Waals surface area contributed by atoms with E-state index in [-0.39, 0.29) is 5.78 Å². The molecule has 1 aliphatic heterocycles. The average Bonchev–Trinajstić information content (AvgIpc) is 3.34. The Hall–Kier alpha value is -1.72. The predicted molar refractivity (Wildman–Crippen MR) is 102 cm³/mol. The second-order valence-corrected chi connectivity index (χ2v) is 8.14. The third-order valence-corrected chi connectivity index (χ3v) is 5.94. The molecule has 138 valence electrons. The first kappa shape index (κ1) is 17.7. The summed E-state index contributed by atoms with van der Waals surface area (Å²) in [6.07, 6.45) is 4.02. The zero-order valence-corrected chi connectivity index (χ0v) is 16.2. The van der Waals surface area contributed by atoms with E-state index in [0.29, 0.717) is 31.2 Å². The summed E-state index contributed by atoms with van der Waals surface area (Å²) in [5.41, 5.74) is 2.02. The van der Waals surface area contributed by atoms with Gasteiger partial charge >= 0.3 is 0 Å². The minimum Gasteiger partial charge on any atom is -0.312 e. The maximum Gasteiger partial charge on any atom is 0.138 e. The highest BCUT2D eigenvalue weighted by Crippen LogP contribution is 2.39. The average molecular weight is 373 g/mol. The molecule has 0 bridgehead atoms. The molecule has 0 atom stereocenters. The van der Waals surface area contributed by atoms with Gasteiger partial charge in [-0.3, -0.25) is 4.79 Å². The molecule has 0 unspecified atom stereocenters. The number of nitrogens with zero attached hydrogens (tertiary/aromatic N) is 4. The van der Waals surface area contributed by atoms with E-state index in [1.807, 2.05) is 25.1 Å². The van der Waals surface area contributed by atoms with Gasteiger partial charge in [0.05, 0.1) is 0 Å². The summed E-state index contributed by atoms with van der Waals surface area (Å²) in [4.78, 5) is 14.8. The minimum atomic E-state index is 0.227. The minimum absolute atomic E-state index is 0.227. The quantitative estimate of drug-likeness (QED) is 0.747. The number of carbonyl (C=O) groups excluding carboxylic acids is 1. The highest BCUT2D eigenvalue weighted by atomic mass is 35.5. The molecule has 1 aromatic heterocycles. The number of carbonyl (C=O) groups is 1. The topological polar surface area (TPSA) is 51.0 Å². The normalized spacial score (nSPS) is 18.1. The maximum atomic E-state index is 12.5. The fourth-order valence-electron chi connectivity index (χ4n) is 3.77. The molecular formula is C20H25ClN4O. The molecule has 5 nitrogen and oxygen atoms in total. The number of ketones is 1. The lowest BCUT2D eigenvalue weighted by molar-refractivity contribution is -0.118. The van der Waals surface area contributed by atoms with Gasteiger partial charge in [0.25, 0.3) is 0 Å². The Morgan fingerprint density at radius 3 is 2.73 bits per heavy atom. The molecule has 0 N–H and O–H groups in total. The molecular weight excluding hydrogens is 348 g/mol. The van der Waals surface area contributed by atoms with Crippen LogP contribution in [-0.4, -0.2) is 45.6 Å². The number of likely N-dealkylation sites (tertiary alicyclic amines) is 1. The Labute approximate surface area is 159 Å². The number of hydrogen-bond donors (Lipinski definition) is 0. The van der Waals surface area contributed by atoms with Crippen LogP contribution in [0.1, 0.15) is 54.0 Å². The van der Waals surface area contributed by atoms with Gasteiger partial charge in [0.15, 0.2) is 0 Å². The van der Waals surface area contributed by atoms with Crippen LogP contribution in [0, 0.1) is 6.92 Å². The van der Waals surface area contributed by atoms with E-state index in [0.717, 1.165) is 40.9 Å². The molecule has 2 aromatic rings. The smallest absolute Gasteiger partial charge is 0.138 e. The molecule has 2 fully saturated rings. The fraction of sp³-hybridized carbons (Fsp3) is 0.550. The molecule has 0 amide bonds. The molecule has 1 aromatic carbocycles. The van der Waals surface area contributed by atoms with E-state index in [1.54, 1.807) is 0 Å². The fourth-order valence-corrected chi connectivity index (χ4v) is 3.97. The van der Waals surface area contributed by atoms with Crippen LogP contribution in [0.15, 0.2) is 18.2 Å². The van der Waals surface area contributed by atoms with Crippen molar-refractivity contribution in [3.63, 3.8) is 0 Å². The second-order valence-electron chi connectivity index (χ2n) is 7.73. The summed E-state index contributed by atoms with van der Waals surface area (Å²) in [7, 11) is 2.13. The summed E-state index contributed by atoms with van der Waals surface area (Å²) in [6.45, 7) is 4.08. The van der Waals surface area contributed by atoms with Gasteiger partial charge in [0.1, 0.15) is 17.4 Å². The van der Waals surface area contributed by atoms with Gasteiger partial charge in [0.2, 0.25) is 0 Å². The number of halogens is 1. The third-order valence-electron chi connectivity index (χ3n) is 5.53. The monoisotopic (exact) mass is 372 g/mol. The summed E-state index contributed by atoms with van der Waals surface area (Å²) in [5.74, 6) is 2.82. The molecule has 1 aliphatic carbocycles. The molecule has 1 saturated heterocycles. The van der Waals surface area contributed by atoms with Gasteiger partial charge in [-0.25, -0.2) is 0 Å². The lowest BCUT2D eigenvalue weighted by Crippen LogP contribution is -2.43. The van der Waals surface area contributed by atoms with Crippen molar-refractivity contribution in [1.29, 1.82) is 0 Å². The SMILES string of the molecule is Cc1c(Cl)cccc1CC(=O)CCc1nnc(C2CN(C)C2)n1C1CC1. The van der Waals surface area contributed by atoms with Gasteiger partial charge in [0, 0.05) is 49.3 Å². The third kappa shape index (κ3) is 3.55. The van der Waals surface area contributed by atoms with E-state index < -0.39 is 0 Å². The van der Waals surface area contributed by atoms with Gasteiger partial charge in [-0.15, -0.1) is 10.2 Å². The summed E-state index contributed by atoms with van der Waals surface area (Å²) < 4.78 is 2.33. The first-order chi connectivity index (χ1) is 12.5. The zero-order chi connectivity index (χ0) is 18.3. The first-order valence-corrected chi connectivity index (χ1v) is 9.78. The molecule has 1 saturated carbocycles. The molecule has 2 heterocycles. The number of rotatable bonds is 7. The molecule has 2 aliphatic rings. The lowest BCUT2D eigenvalue weighted by atomic mass is 10.00. The van der Waals surface area contributed by atoms with Crippen molar-refractivity contribution in [3.05, 3.63) is 46.0 Å². The lowest BCUT2D eigenvalue weighted by Gasteiger charge is -2.35. The summed E-state index contributed by atoms with van der Waals surface area (Å²) in [5, 5.41) is 9.64. The molecule has 0 spiro atoms. The van der Waals surface area contributed by atoms with E-state index in [1.165, 1.54) is 12.8 Å². The van der Waals surface area contributed by atoms with Crippen LogP contribution in [0.4, 0.5) is 0 Å². The molecule has 4 rings (SSSR count). The van der Waals surface area contributed by atoms with Gasteiger partial charge in [-0.05, 0) is 44.0 Å². The second kappa shape index (κ2) is 7.12. The predicted octanol–water partition coefficient (Wildman–Crippen LogP) is 3.35. The van der Waals surface area contributed by atoms with Crippen LogP contribution < -0.4 is 0 Å². The van der Waals surface area contributed by atoms with Crippen molar-refractivity contribution in [2.45, 2.75) is 51.0 Å². The summed E-state index contributed by atoms with van der Waals surface area (Å²) in [6, 6.07) is 6.30. The van der Waals surface area contributed by atoms with Crippen LogP contribution >= 0.6 is 11.6 Å². The van der Waals surface area contributed by atoms with Gasteiger partial charge in [-0.1, -0.05) is 23.7 Å². The number of aromatic nitrogens is 3. The standard InChI is InChI=1S/C20H25ClN4O/c1-13-14(4-3-5-18(13)21)10-17(26)8-9-19-22-23-20(15-11-24(2)12-15)25(19)16-6-7-16/h3-5,15-16H,6-12H2,1-2H3. The van der Waals surface area contributed by atoms with E-state index in [4.69, 9.17) is 11.6 Å². The van der Waals surface area contributed by atoms with Crippen molar-refractivity contribution in [2.75, 3.05) is 20.1 Å². The van der Waals surface area contributed by atoms with Crippen molar-refractivity contribution < 1.29 is 4.79 Å². The Morgan fingerprint density at radius 2 is 2.04 bits per heavy atom.